The molecule has 2 bridgehead atoms. The molecule has 1 N–H and O–H groups in total. The van der Waals surface area contributed by atoms with Gasteiger partial charge in [-0.15, -0.1) is 0 Å². The third kappa shape index (κ3) is 3.01. The Morgan fingerprint density at radius 1 is 1.41 bits per heavy atom. The van der Waals surface area contributed by atoms with Gasteiger partial charge in [0.2, 0.25) is 0 Å². The van der Waals surface area contributed by atoms with Crippen molar-refractivity contribution in [2.75, 3.05) is 13.7 Å². The van der Waals surface area contributed by atoms with Gasteiger partial charge in [0.1, 0.15) is 17.8 Å². The summed E-state index contributed by atoms with van der Waals surface area (Å²) in [7, 11) is 2.13. The molecule has 22 heavy (non-hydrogen) atoms. The third-order valence-electron chi connectivity index (χ3n) is 5.06. The number of halogens is 1. The molecule has 0 aliphatic carbocycles. The van der Waals surface area contributed by atoms with E-state index in [1.807, 2.05) is 0 Å². The van der Waals surface area contributed by atoms with Gasteiger partial charge in [0.15, 0.2) is 0 Å². The summed E-state index contributed by atoms with van der Waals surface area (Å²) in [5.41, 5.74) is 0.461. The number of benzene rings is 1. The average molecular weight is 307 g/mol. The number of carbonyl (C=O) groups is 1. The Labute approximate surface area is 129 Å². The maximum atomic E-state index is 13.3. The lowest BCUT2D eigenvalue weighted by Gasteiger charge is -2.36. The molecule has 3 rings (SSSR count). The van der Waals surface area contributed by atoms with Crippen LogP contribution in [0, 0.1) is 5.82 Å². The molecular weight excluding hydrogens is 285 g/mol. The van der Waals surface area contributed by atoms with Gasteiger partial charge in [-0.3, -0.25) is 4.79 Å². The van der Waals surface area contributed by atoms with Crippen LogP contribution in [0.4, 0.5) is 4.39 Å². The number of aliphatic hydroxyl groups excluding tert-OH is 1. The molecule has 2 unspecified atom stereocenters. The van der Waals surface area contributed by atoms with Crippen molar-refractivity contribution in [3.05, 3.63) is 35.6 Å². The second-order valence-electron chi connectivity index (χ2n) is 6.37. The van der Waals surface area contributed by atoms with E-state index >= 15 is 0 Å². The summed E-state index contributed by atoms with van der Waals surface area (Å²) in [5, 5.41) is 9.50. The number of rotatable bonds is 4. The van der Waals surface area contributed by atoms with Gasteiger partial charge in [-0.2, -0.15) is 0 Å². The molecule has 120 valence electrons. The fraction of sp³-hybridized carbons (Fsp3) is 0.588. The van der Waals surface area contributed by atoms with Crippen LogP contribution < -0.4 is 0 Å². The number of carbonyl (C=O) groups excluding carboxylic acids is 1. The van der Waals surface area contributed by atoms with E-state index in [1.54, 1.807) is 6.07 Å². The van der Waals surface area contributed by atoms with Crippen LogP contribution in [0.25, 0.3) is 0 Å². The fourth-order valence-electron chi connectivity index (χ4n) is 3.74. The summed E-state index contributed by atoms with van der Waals surface area (Å²) in [6.45, 7) is -0.373. The Morgan fingerprint density at radius 2 is 2.09 bits per heavy atom. The third-order valence-corrected chi connectivity index (χ3v) is 5.06. The number of piperidine rings is 1. The molecule has 2 fully saturated rings. The van der Waals surface area contributed by atoms with Crippen LogP contribution in [-0.4, -0.2) is 47.8 Å². The van der Waals surface area contributed by atoms with Crippen LogP contribution in [0.3, 0.4) is 0 Å². The van der Waals surface area contributed by atoms with Crippen LogP contribution in [0.15, 0.2) is 24.3 Å². The lowest BCUT2D eigenvalue weighted by Crippen LogP contribution is -2.43. The zero-order valence-corrected chi connectivity index (χ0v) is 12.7. The van der Waals surface area contributed by atoms with Crippen molar-refractivity contribution in [2.45, 2.75) is 49.8 Å². The van der Waals surface area contributed by atoms with Crippen molar-refractivity contribution < 1.29 is 19.0 Å². The number of aliphatic hydroxyl groups is 1. The van der Waals surface area contributed by atoms with Crippen LogP contribution >= 0.6 is 0 Å². The minimum Gasteiger partial charge on any atom is -0.462 e. The first-order chi connectivity index (χ1) is 10.6. The standard InChI is InChI=1S/C17H22FNO3/c1-19-13-5-6-14(19)9-15(8-13)22-17(21)16(10-20)11-3-2-4-12(18)7-11/h2-4,7,13-16,20H,5-6,8-10H2,1H3/t13-,14+,15?,16?. The maximum absolute atomic E-state index is 13.3. The van der Waals surface area contributed by atoms with Crippen molar-refractivity contribution in [2.24, 2.45) is 0 Å². The molecule has 2 aliphatic rings. The van der Waals surface area contributed by atoms with Gasteiger partial charge in [0.25, 0.3) is 0 Å². The molecule has 0 aromatic heterocycles. The summed E-state index contributed by atoms with van der Waals surface area (Å²) >= 11 is 0. The number of esters is 1. The van der Waals surface area contributed by atoms with E-state index in [9.17, 15) is 14.3 Å². The van der Waals surface area contributed by atoms with Crippen molar-refractivity contribution in [3.63, 3.8) is 0 Å². The smallest absolute Gasteiger partial charge is 0.316 e. The van der Waals surface area contributed by atoms with E-state index in [0.29, 0.717) is 17.6 Å². The van der Waals surface area contributed by atoms with E-state index in [4.69, 9.17) is 4.74 Å². The van der Waals surface area contributed by atoms with Gasteiger partial charge in [0.05, 0.1) is 6.61 Å². The fourth-order valence-corrected chi connectivity index (χ4v) is 3.74. The average Bonchev–Trinajstić information content (AvgIpc) is 2.71. The Kier molecular flexibility index (Phi) is 4.45. The molecule has 0 radical (unpaired) electrons. The Hall–Kier alpha value is -1.46. The topological polar surface area (TPSA) is 49.8 Å². The predicted octanol–water partition coefficient (Wildman–Crippen LogP) is 2.07. The van der Waals surface area contributed by atoms with E-state index in [-0.39, 0.29) is 12.7 Å². The highest BCUT2D eigenvalue weighted by molar-refractivity contribution is 5.78. The monoisotopic (exact) mass is 307 g/mol. The van der Waals surface area contributed by atoms with Gasteiger partial charge in [-0.1, -0.05) is 12.1 Å². The quantitative estimate of drug-likeness (QED) is 0.865. The Bertz CT molecular complexity index is 536. The summed E-state index contributed by atoms with van der Waals surface area (Å²) < 4.78 is 18.9. The molecule has 4 nitrogen and oxygen atoms in total. The largest absolute Gasteiger partial charge is 0.462 e. The molecule has 2 aliphatic heterocycles. The highest BCUT2D eigenvalue weighted by atomic mass is 19.1. The molecule has 5 heteroatoms. The zero-order chi connectivity index (χ0) is 15.7. The second-order valence-corrected chi connectivity index (χ2v) is 6.37. The first-order valence-electron chi connectivity index (χ1n) is 7.87. The normalized spacial score (nSPS) is 29.3. The Balaban J connectivity index is 1.66. The zero-order valence-electron chi connectivity index (χ0n) is 12.7. The number of ether oxygens (including phenoxy) is 1. The van der Waals surface area contributed by atoms with E-state index in [0.717, 1.165) is 25.7 Å². The minimum absolute atomic E-state index is 0.0937. The minimum atomic E-state index is -0.812. The molecule has 4 atom stereocenters. The van der Waals surface area contributed by atoms with E-state index < -0.39 is 17.7 Å². The first-order valence-corrected chi connectivity index (χ1v) is 7.87. The predicted molar refractivity (Wildman–Crippen MR) is 79.9 cm³/mol. The van der Waals surface area contributed by atoms with Crippen molar-refractivity contribution in [1.29, 1.82) is 0 Å². The second kappa shape index (κ2) is 6.34. The van der Waals surface area contributed by atoms with Crippen molar-refractivity contribution >= 4 is 5.97 Å². The van der Waals surface area contributed by atoms with Crippen molar-refractivity contribution in [3.8, 4) is 0 Å². The van der Waals surface area contributed by atoms with E-state index in [1.165, 1.54) is 18.2 Å². The molecule has 0 saturated carbocycles. The van der Waals surface area contributed by atoms with Gasteiger partial charge in [0, 0.05) is 12.1 Å². The SMILES string of the molecule is CN1[C@@H]2CC[C@H]1CC(OC(=O)C(CO)c1cccc(F)c1)C2. The Morgan fingerprint density at radius 3 is 2.68 bits per heavy atom. The molecule has 2 heterocycles. The van der Waals surface area contributed by atoms with Gasteiger partial charge >= 0.3 is 5.97 Å². The van der Waals surface area contributed by atoms with Crippen molar-refractivity contribution in [1.82, 2.24) is 4.90 Å². The number of hydrogen-bond donors (Lipinski definition) is 1. The lowest BCUT2D eigenvalue weighted by molar-refractivity contribution is -0.155. The molecule has 2 saturated heterocycles. The lowest BCUT2D eigenvalue weighted by atomic mass is 9.98. The number of nitrogens with zero attached hydrogens (tertiary/aromatic N) is 1. The highest BCUT2D eigenvalue weighted by Gasteiger charge is 2.40. The summed E-state index contributed by atoms with van der Waals surface area (Å²) in [4.78, 5) is 14.7. The summed E-state index contributed by atoms with van der Waals surface area (Å²) in [6.07, 6.45) is 3.91. The maximum Gasteiger partial charge on any atom is 0.316 e. The van der Waals surface area contributed by atoms with Crippen LogP contribution in [0.2, 0.25) is 0 Å². The van der Waals surface area contributed by atoms with Gasteiger partial charge < -0.3 is 14.7 Å². The van der Waals surface area contributed by atoms with Gasteiger partial charge in [-0.25, -0.2) is 4.39 Å². The highest BCUT2D eigenvalue weighted by Crippen LogP contribution is 2.36. The molecule has 1 aromatic carbocycles. The molecule has 0 spiro atoms. The molecule has 0 amide bonds. The summed E-state index contributed by atoms with van der Waals surface area (Å²) in [5.74, 6) is -1.68. The van der Waals surface area contributed by atoms with Gasteiger partial charge in [-0.05, 0) is 50.4 Å². The number of hydrogen-bond acceptors (Lipinski definition) is 4. The molecule has 1 aromatic rings. The summed E-state index contributed by atoms with van der Waals surface area (Å²) in [6, 6.07) is 6.75. The van der Waals surface area contributed by atoms with Crippen LogP contribution in [-0.2, 0) is 9.53 Å². The van der Waals surface area contributed by atoms with Crippen LogP contribution in [0.5, 0.6) is 0 Å². The first kappa shape index (κ1) is 15.4. The number of fused-ring (bicyclic) bond motifs is 2. The van der Waals surface area contributed by atoms with E-state index in [2.05, 4.69) is 11.9 Å². The van der Waals surface area contributed by atoms with Crippen LogP contribution in [0.1, 0.15) is 37.2 Å². The molecular formula is C17H22FNO3.